The molecule has 4 nitrogen and oxygen atoms in total. The smallest absolute Gasteiger partial charge is 0.287 e. The third-order valence-corrected chi connectivity index (χ3v) is 5.01. The maximum absolute atomic E-state index is 13.3. The van der Waals surface area contributed by atoms with Crippen LogP contribution in [-0.2, 0) is 0 Å². The molecule has 0 aliphatic carbocycles. The molecule has 1 N–H and O–H groups in total. The number of hydrogen-bond donors (Lipinski definition) is 1. The minimum absolute atomic E-state index is 0.150. The Bertz CT molecular complexity index is 766. The fraction of sp³-hybridized carbons (Fsp3) is 0.389. The molecule has 2 aromatic rings. The molecule has 1 amide bonds. The van der Waals surface area contributed by atoms with Crippen LogP contribution in [0.5, 0.6) is 0 Å². The van der Waals surface area contributed by atoms with Crippen molar-refractivity contribution in [1.29, 1.82) is 0 Å². The summed E-state index contributed by atoms with van der Waals surface area (Å²) in [5.41, 5.74) is 0.399. The summed E-state index contributed by atoms with van der Waals surface area (Å²) in [6, 6.07) is 6.83. The number of halogens is 2. The van der Waals surface area contributed by atoms with Crippen molar-refractivity contribution in [2.45, 2.75) is 18.9 Å². The molecule has 3 aliphatic rings. The Morgan fingerprint density at radius 2 is 1.92 bits per heavy atom. The van der Waals surface area contributed by atoms with Gasteiger partial charge < -0.3 is 14.6 Å². The lowest BCUT2D eigenvalue weighted by Gasteiger charge is -2.44. The van der Waals surface area contributed by atoms with Gasteiger partial charge in [-0.05, 0) is 62.2 Å². The summed E-state index contributed by atoms with van der Waals surface area (Å²) in [7, 11) is 0. The largest absolute Gasteiger partial charge is 0.451 e. The van der Waals surface area contributed by atoms with Gasteiger partial charge in [0.2, 0.25) is 0 Å². The monoisotopic (exact) mass is 332 g/mol. The molecule has 1 atom stereocenters. The van der Waals surface area contributed by atoms with Crippen LogP contribution in [0.15, 0.2) is 34.7 Å². The van der Waals surface area contributed by atoms with Crippen LogP contribution >= 0.6 is 0 Å². The van der Waals surface area contributed by atoms with Gasteiger partial charge in [-0.15, -0.1) is 0 Å². The Balaban J connectivity index is 1.48. The van der Waals surface area contributed by atoms with Crippen LogP contribution in [0.4, 0.5) is 8.78 Å². The van der Waals surface area contributed by atoms with E-state index in [-0.39, 0.29) is 17.7 Å². The molecule has 1 aromatic carbocycles. The van der Waals surface area contributed by atoms with Crippen molar-refractivity contribution in [2.75, 3.05) is 19.6 Å². The van der Waals surface area contributed by atoms with Crippen molar-refractivity contribution in [3.63, 3.8) is 0 Å². The summed E-state index contributed by atoms with van der Waals surface area (Å²) in [6.07, 6.45) is 2.23. The summed E-state index contributed by atoms with van der Waals surface area (Å²) in [5.74, 6) is -1.06. The van der Waals surface area contributed by atoms with Gasteiger partial charge >= 0.3 is 0 Å². The van der Waals surface area contributed by atoms with Crippen molar-refractivity contribution in [3.8, 4) is 11.3 Å². The fourth-order valence-electron chi connectivity index (χ4n) is 3.63. The summed E-state index contributed by atoms with van der Waals surface area (Å²) < 4.78 is 31.9. The summed E-state index contributed by atoms with van der Waals surface area (Å²) >= 11 is 0. The molecule has 5 rings (SSSR count). The first-order valence-electron chi connectivity index (χ1n) is 8.18. The number of carbonyl (C=O) groups is 1. The van der Waals surface area contributed by atoms with E-state index in [9.17, 15) is 13.6 Å². The van der Waals surface area contributed by atoms with Crippen LogP contribution in [0.2, 0.25) is 0 Å². The van der Waals surface area contributed by atoms with Gasteiger partial charge in [-0.2, -0.15) is 0 Å². The number of nitrogens with zero attached hydrogens (tertiary/aromatic N) is 1. The molecule has 1 aromatic heterocycles. The minimum atomic E-state index is -0.942. The normalized spacial score (nSPS) is 25.7. The summed E-state index contributed by atoms with van der Waals surface area (Å²) in [6.45, 7) is 3.10. The van der Waals surface area contributed by atoms with Crippen LogP contribution in [0, 0.1) is 17.6 Å². The van der Waals surface area contributed by atoms with E-state index < -0.39 is 11.6 Å². The van der Waals surface area contributed by atoms with Gasteiger partial charge in [0.25, 0.3) is 5.91 Å². The number of benzene rings is 1. The van der Waals surface area contributed by atoms with E-state index in [1.807, 2.05) is 0 Å². The number of carbonyl (C=O) groups excluding carboxylic acids is 1. The van der Waals surface area contributed by atoms with Gasteiger partial charge in [-0.25, -0.2) is 8.78 Å². The number of furan rings is 1. The van der Waals surface area contributed by atoms with Gasteiger partial charge in [0.1, 0.15) is 5.76 Å². The second kappa shape index (κ2) is 6.02. The zero-order valence-electron chi connectivity index (χ0n) is 13.1. The lowest BCUT2D eigenvalue weighted by molar-refractivity contribution is 0.0606. The van der Waals surface area contributed by atoms with Crippen molar-refractivity contribution in [2.24, 2.45) is 5.92 Å². The van der Waals surface area contributed by atoms with Crippen LogP contribution in [-0.4, -0.2) is 36.5 Å². The van der Waals surface area contributed by atoms with E-state index in [1.165, 1.54) is 6.07 Å². The quantitative estimate of drug-likeness (QED) is 0.940. The van der Waals surface area contributed by atoms with Gasteiger partial charge in [0.15, 0.2) is 17.4 Å². The first-order valence-corrected chi connectivity index (χ1v) is 8.18. The Labute approximate surface area is 138 Å². The molecule has 3 saturated heterocycles. The number of hydrogen-bond acceptors (Lipinski definition) is 3. The SMILES string of the molecule is O=C(NC1CN2CCC1CC2)c1ccc(-c2ccc(F)c(F)c2)o1. The van der Waals surface area contributed by atoms with Gasteiger partial charge in [-0.3, -0.25) is 4.79 Å². The molecule has 24 heavy (non-hydrogen) atoms. The first kappa shape index (κ1) is 15.3. The standard InChI is InChI=1S/C18H18F2N2O2/c19-13-2-1-12(9-14(13)20)16-3-4-17(24-16)18(23)21-15-10-22-7-5-11(15)6-8-22/h1-4,9,11,15H,5-8,10H2,(H,21,23). The maximum Gasteiger partial charge on any atom is 0.287 e. The van der Waals surface area contributed by atoms with E-state index in [1.54, 1.807) is 12.1 Å². The second-order valence-electron chi connectivity index (χ2n) is 6.51. The maximum atomic E-state index is 13.3. The molecule has 126 valence electrons. The molecule has 3 aliphatic heterocycles. The highest BCUT2D eigenvalue weighted by Gasteiger charge is 2.35. The zero-order chi connectivity index (χ0) is 16.7. The molecule has 3 fully saturated rings. The van der Waals surface area contributed by atoms with Crippen molar-refractivity contribution < 1.29 is 18.0 Å². The number of amides is 1. The molecule has 2 bridgehead atoms. The Morgan fingerprint density at radius 3 is 2.58 bits per heavy atom. The van der Waals surface area contributed by atoms with Crippen LogP contribution in [0.3, 0.4) is 0 Å². The lowest BCUT2D eigenvalue weighted by atomic mass is 9.84. The topological polar surface area (TPSA) is 45.5 Å². The highest BCUT2D eigenvalue weighted by Crippen LogP contribution is 2.28. The van der Waals surface area contributed by atoms with E-state index >= 15 is 0 Å². The van der Waals surface area contributed by atoms with Crippen LogP contribution < -0.4 is 5.32 Å². The molecule has 1 unspecified atom stereocenters. The predicted molar refractivity (Wildman–Crippen MR) is 84.5 cm³/mol. The van der Waals surface area contributed by atoms with Crippen molar-refractivity contribution >= 4 is 5.91 Å². The Hall–Kier alpha value is -2.21. The molecule has 0 saturated carbocycles. The number of nitrogens with one attached hydrogen (secondary N) is 1. The highest BCUT2D eigenvalue weighted by atomic mass is 19.2. The predicted octanol–water partition coefficient (Wildman–Crippen LogP) is 3.05. The van der Waals surface area contributed by atoms with Crippen LogP contribution in [0.1, 0.15) is 23.4 Å². The number of piperidine rings is 3. The molecule has 0 spiro atoms. The van der Waals surface area contributed by atoms with E-state index in [0.717, 1.165) is 44.6 Å². The fourth-order valence-corrected chi connectivity index (χ4v) is 3.63. The minimum Gasteiger partial charge on any atom is -0.451 e. The van der Waals surface area contributed by atoms with Gasteiger partial charge in [0, 0.05) is 18.2 Å². The lowest BCUT2D eigenvalue weighted by Crippen LogP contribution is -2.57. The van der Waals surface area contributed by atoms with E-state index in [4.69, 9.17) is 4.42 Å². The second-order valence-corrected chi connectivity index (χ2v) is 6.51. The van der Waals surface area contributed by atoms with Crippen LogP contribution in [0.25, 0.3) is 11.3 Å². The molecular formula is C18H18F2N2O2. The Morgan fingerprint density at radius 1 is 1.12 bits per heavy atom. The molecule has 0 radical (unpaired) electrons. The zero-order valence-corrected chi connectivity index (χ0v) is 13.1. The average molecular weight is 332 g/mol. The molecule has 4 heterocycles. The molecular weight excluding hydrogens is 314 g/mol. The average Bonchev–Trinajstić information content (AvgIpc) is 3.09. The van der Waals surface area contributed by atoms with E-state index in [2.05, 4.69) is 10.2 Å². The number of rotatable bonds is 3. The first-order chi connectivity index (χ1) is 11.6. The van der Waals surface area contributed by atoms with Gasteiger partial charge in [-0.1, -0.05) is 0 Å². The third-order valence-electron chi connectivity index (χ3n) is 5.01. The van der Waals surface area contributed by atoms with Gasteiger partial charge in [0.05, 0.1) is 0 Å². The third kappa shape index (κ3) is 2.82. The number of fused-ring (bicyclic) bond motifs is 3. The van der Waals surface area contributed by atoms with Crippen molar-refractivity contribution in [3.05, 3.63) is 47.7 Å². The van der Waals surface area contributed by atoms with E-state index in [0.29, 0.717) is 17.2 Å². The van der Waals surface area contributed by atoms with Crippen molar-refractivity contribution in [1.82, 2.24) is 10.2 Å². The summed E-state index contributed by atoms with van der Waals surface area (Å²) in [5, 5.41) is 3.04. The molecule has 6 heteroatoms. The summed E-state index contributed by atoms with van der Waals surface area (Å²) in [4.78, 5) is 14.8. The Kier molecular flexibility index (Phi) is 3.84. The highest BCUT2D eigenvalue weighted by molar-refractivity contribution is 5.92.